The van der Waals surface area contributed by atoms with E-state index in [1.807, 2.05) is 0 Å². The van der Waals surface area contributed by atoms with Crippen molar-refractivity contribution in [3.8, 4) is 0 Å². The van der Waals surface area contributed by atoms with Crippen LogP contribution >= 0.6 is 0 Å². The van der Waals surface area contributed by atoms with E-state index in [0.717, 1.165) is 12.8 Å². The molecule has 4 nitrogen and oxygen atoms in total. The molecule has 1 saturated heterocycles. The second kappa shape index (κ2) is 5.29. The van der Waals surface area contributed by atoms with Gasteiger partial charge in [0.2, 0.25) is 5.91 Å². The van der Waals surface area contributed by atoms with Crippen molar-refractivity contribution in [1.82, 2.24) is 4.90 Å². The summed E-state index contributed by atoms with van der Waals surface area (Å²) in [7, 11) is 0. The van der Waals surface area contributed by atoms with Crippen LogP contribution in [0.25, 0.3) is 0 Å². The molecule has 18 heavy (non-hydrogen) atoms. The van der Waals surface area contributed by atoms with Gasteiger partial charge in [0.1, 0.15) is 0 Å². The standard InChI is InChI=1S/C14H25NO3/c1-13(2,3)7-5-6-11(16)15-9-8-14(4,10-15)12(17)18/h5-10H2,1-4H3,(H,17,18). The molecule has 0 bridgehead atoms. The summed E-state index contributed by atoms with van der Waals surface area (Å²) < 4.78 is 0. The maximum Gasteiger partial charge on any atom is 0.311 e. The Balaban J connectivity index is 2.39. The number of likely N-dealkylation sites (tertiary alicyclic amines) is 1. The van der Waals surface area contributed by atoms with Crippen molar-refractivity contribution in [3.05, 3.63) is 0 Å². The highest BCUT2D eigenvalue weighted by atomic mass is 16.4. The highest BCUT2D eigenvalue weighted by Crippen LogP contribution is 2.31. The van der Waals surface area contributed by atoms with Gasteiger partial charge in [0.15, 0.2) is 0 Å². The van der Waals surface area contributed by atoms with Crippen LogP contribution in [0.15, 0.2) is 0 Å². The smallest absolute Gasteiger partial charge is 0.311 e. The number of carboxylic acid groups (broad SMARTS) is 1. The summed E-state index contributed by atoms with van der Waals surface area (Å²) in [6, 6.07) is 0. The van der Waals surface area contributed by atoms with Gasteiger partial charge < -0.3 is 10.0 Å². The van der Waals surface area contributed by atoms with Crippen LogP contribution in [0.5, 0.6) is 0 Å². The van der Waals surface area contributed by atoms with Crippen LogP contribution in [0, 0.1) is 10.8 Å². The van der Waals surface area contributed by atoms with Gasteiger partial charge in [0.05, 0.1) is 5.41 Å². The third-order valence-corrected chi connectivity index (χ3v) is 3.66. The van der Waals surface area contributed by atoms with E-state index in [2.05, 4.69) is 20.8 Å². The first-order chi connectivity index (χ1) is 8.14. The largest absolute Gasteiger partial charge is 0.481 e. The van der Waals surface area contributed by atoms with Gasteiger partial charge in [-0.05, 0) is 31.6 Å². The van der Waals surface area contributed by atoms with Gasteiger partial charge in [0, 0.05) is 19.5 Å². The van der Waals surface area contributed by atoms with Gasteiger partial charge in [-0.3, -0.25) is 9.59 Å². The molecule has 1 unspecified atom stereocenters. The molecule has 0 aromatic carbocycles. The second-order valence-electron chi connectivity index (χ2n) is 6.85. The molecule has 1 aliphatic rings. The van der Waals surface area contributed by atoms with Crippen molar-refractivity contribution in [2.45, 2.75) is 53.4 Å². The van der Waals surface area contributed by atoms with Crippen LogP contribution in [0.1, 0.15) is 53.4 Å². The van der Waals surface area contributed by atoms with Crippen molar-refractivity contribution >= 4 is 11.9 Å². The third kappa shape index (κ3) is 4.00. The lowest BCUT2D eigenvalue weighted by Crippen LogP contribution is -2.34. The highest BCUT2D eigenvalue weighted by Gasteiger charge is 2.41. The maximum atomic E-state index is 12.0. The van der Waals surface area contributed by atoms with Crippen molar-refractivity contribution in [2.24, 2.45) is 10.8 Å². The molecule has 1 N–H and O–H groups in total. The molecule has 104 valence electrons. The van der Waals surface area contributed by atoms with Gasteiger partial charge in [-0.15, -0.1) is 0 Å². The second-order valence-corrected chi connectivity index (χ2v) is 6.85. The number of carbonyl (C=O) groups is 2. The van der Waals surface area contributed by atoms with Crippen molar-refractivity contribution in [3.63, 3.8) is 0 Å². The summed E-state index contributed by atoms with van der Waals surface area (Å²) in [5, 5.41) is 9.12. The predicted molar refractivity (Wildman–Crippen MR) is 70.2 cm³/mol. The number of carboxylic acids is 1. The molecule has 0 spiro atoms. The molecule has 0 aromatic heterocycles. The van der Waals surface area contributed by atoms with Gasteiger partial charge in [-0.2, -0.15) is 0 Å². The fourth-order valence-corrected chi connectivity index (χ4v) is 2.28. The summed E-state index contributed by atoms with van der Waals surface area (Å²) in [6.07, 6.45) is 2.99. The topological polar surface area (TPSA) is 57.6 Å². The lowest BCUT2D eigenvalue weighted by molar-refractivity contribution is -0.147. The normalized spacial score (nSPS) is 24.3. The van der Waals surface area contributed by atoms with E-state index in [0.29, 0.717) is 25.9 Å². The Bertz CT molecular complexity index is 332. The molecular formula is C14H25NO3. The summed E-state index contributed by atoms with van der Waals surface area (Å²) in [4.78, 5) is 24.8. The molecule has 1 heterocycles. The fraction of sp³-hybridized carbons (Fsp3) is 0.857. The van der Waals surface area contributed by atoms with E-state index in [-0.39, 0.29) is 11.3 Å². The molecule has 1 rings (SSSR count). The van der Waals surface area contributed by atoms with E-state index in [1.165, 1.54) is 0 Å². The molecule has 1 fully saturated rings. The van der Waals surface area contributed by atoms with E-state index in [4.69, 9.17) is 5.11 Å². The van der Waals surface area contributed by atoms with Crippen molar-refractivity contribution < 1.29 is 14.7 Å². The van der Waals surface area contributed by atoms with Gasteiger partial charge in [0.25, 0.3) is 0 Å². The monoisotopic (exact) mass is 255 g/mol. The molecule has 0 aliphatic carbocycles. The fourth-order valence-electron chi connectivity index (χ4n) is 2.28. The Morgan fingerprint density at radius 1 is 1.33 bits per heavy atom. The number of nitrogens with zero attached hydrogens (tertiary/aromatic N) is 1. The minimum atomic E-state index is -0.799. The van der Waals surface area contributed by atoms with Crippen LogP contribution in [-0.2, 0) is 9.59 Å². The van der Waals surface area contributed by atoms with E-state index < -0.39 is 11.4 Å². The maximum absolute atomic E-state index is 12.0. The molecule has 1 aliphatic heterocycles. The van der Waals surface area contributed by atoms with Crippen LogP contribution in [0.4, 0.5) is 0 Å². The highest BCUT2D eigenvalue weighted by molar-refractivity contribution is 5.80. The first kappa shape index (κ1) is 15.0. The van der Waals surface area contributed by atoms with Crippen molar-refractivity contribution in [2.75, 3.05) is 13.1 Å². The molecular weight excluding hydrogens is 230 g/mol. The van der Waals surface area contributed by atoms with E-state index in [1.54, 1.807) is 11.8 Å². The Labute approximate surface area is 109 Å². The quantitative estimate of drug-likeness (QED) is 0.839. The Morgan fingerprint density at radius 2 is 1.94 bits per heavy atom. The SMILES string of the molecule is CC(C)(C)CCCC(=O)N1CCC(C)(C(=O)O)C1. The first-order valence-corrected chi connectivity index (χ1v) is 6.65. The zero-order valence-corrected chi connectivity index (χ0v) is 12.0. The first-order valence-electron chi connectivity index (χ1n) is 6.65. The van der Waals surface area contributed by atoms with Gasteiger partial charge in [-0.1, -0.05) is 20.8 Å². The molecule has 0 aromatic rings. The number of amides is 1. The molecule has 1 atom stereocenters. The number of aliphatic carboxylic acids is 1. The van der Waals surface area contributed by atoms with Crippen molar-refractivity contribution in [1.29, 1.82) is 0 Å². The average molecular weight is 255 g/mol. The Kier molecular flexibility index (Phi) is 4.41. The number of hydrogen-bond acceptors (Lipinski definition) is 2. The Morgan fingerprint density at radius 3 is 2.39 bits per heavy atom. The number of hydrogen-bond donors (Lipinski definition) is 1. The van der Waals surface area contributed by atoms with Crippen LogP contribution < -0.4 is 0 Å². The predicted octanol–water partition coefficient (Wildman–Crippen LogP) is 2.53. The lowest BCUT2D eigenvalue weighted by atomic mass is 9.89. The molecule has 1 amide bonds. The number of carbonyl (C=O) groups excluding carboxylic acids is 1. The van der Waals surface area contributed by atoms with Crippen LogP contribution in [-0.4, -0.2) is 35.0 Å². The minimum absolute atomic E-state index is 0.101. The summed E-state index contributed by atoms with van der Waals surface area (Å²) in [6.45, 7) is 9.14. The van der Waals surface area contributed by atoms with E-state index in [9.17, 15) is 9.59 Å². The molecule has 0 saturated carbocycles. The summed E-state index contributed by atoms with van der Waals surface area (Å²) in [5.41, 5.74) is -0.499. The summed E-state index contributed by atoms with van der Waals surface area (Å²) >= 11 is 0. The van der Waals surface area contributed by atoms with Gasteiger partial charge >= 0.3 is 5.97 Å². The lowest BCUT2D eigenvalue weighted by Gasteiger charge is -2.21. The van der Waals surface area contributed by atoms with E-state index >= 15 is 0 Å². The third-order valence-electron chi connectivity index (χ3n) is 3.66. The average Bonchev–Trinajstić information content (AvgIpc) is 2.60. The molecule has 4 heteroatoms. The van der Waals surface area contributed by atoms with Crippen LogP contribution in [0.3, 0.4) is 0 Å². The summed E-state index contributed by atoms with van der Waals surface area (Å²) in [5.74, 6) is -0.697. The minimum Gasteiger partial charge on any atom is -0.481 e. The zero-order valence-electron chi connectivity index (χ0n) is 12.0. The van der Waals surface area contributed by atoms with Gasteiger partial charge in [-0.25, -0.2) is 0 Å². The molecule has 0 radical (unpaired) electrons. The van der Waals surface area contributed by atoms with Crippen LogP contribution in [0.2, 0.25) is 0 Å². The number of rotatable bonds is 4. The Hall–Kier alpha value is -1.06. The zero-order chi connectivity index (χ0) is 14.0.